The molecule has 1 saturated heterocycles. The molecule has 1 aromatic heterocycles. The van der Waals surface area contributed by atoms with Gasteiger partial charge in [-0.1, -0.05) is 72.3 Å². The van der Waals surface area contributed by atoms with E-state index in [1.54, 1.807) is 0 Å². The molecule has 3 heterocycles. The van der Waals surface area contributed by atoms with Crippen LogP contribution in [0.15, 0.2) is 78.9 Å². The van der Waals surface area contributed by atoms with Gasteiger partial charge in [-0.15, -0.1) is 0 Å². The number of nitrogens with one attached hydrogen (secondary N) is 1. The minimum absolute atomic E-state index is 0.0271. The van der Waals surface area contributed by atoms with Crippen molar-refractivity contribution in [2.75, 3.05) is 13.2 Å². The summed E-state index contributed by atoms with van der Waals surface area (Å²) in [6.07, 6.45) is 2.07. The molecule has 6 heteroatoms. The van der Waals surface area contributed by atoms with E-state index in [2.05, 4.69) is 65.7 Å². The fourth-order valence-electron chi connectivity index (χ4n) is 5.16. The van der Waals surface area contributed by atoms with Gasteiger partial charge in [0.15, 0.2) is 0 Å². The normalized spacial score (nSPS) is 19.0. The molecule has 6 rings (SSSR count). The Morgan fingerprint density at radius 3 is 2.53 bits per heavy atom. The fourth-order valence-corrected chi connectivity index (χ4v) is 5.16. The molecule has 0 aliphatic carbocycles. The molecule has 0 saturated carbocycles. The summed E-state index contributed by atoms with van der Waals surface area (Å²) in [5.41, 5.74) is 6.65. The van der Waals surface area contributed by atoms with Gasteiger partial charge >= 0.3 is 0 Å². The Labute approximate surface area is 210 Å². The average molecular weight is 480 g/mol. The van der Waals surface area contributed by atoms with Crippen LogP contribution in [0.25, 0.3) is 11.3 Å². The lowest BCUT2D eigenvalue weighted by Gasteiger charge is -2.28. The fraction of sp³-hybridized carbons (Fsp3) is 0.267. The van der Waals surface area contributed by atoms with Crippen molar-refractivity contribution >= 4 is 5.91 Å². The number of aromatic nitrogens is 2. The van der Waals surface area contributed by atoms with Gasteiger partial charge in [0.2, 0.25) is 0 Å². The van der Waals surface area contributed by atoms with Gasteiger partial charge in [-0.25, -0.2) is 0 Å². The van der Waals surface area contributed by atoms with Gasteiger partial charge in [0.05, 0.1) is 17.8 Å². The van der Waals surface area contributed by atoms with Gasteiger partial charge in [0.25, 0.3) is 5.91 Å². The molecule has 2 atom stereocenters. The van der Waals surface area contributed by atoms with Crippen LogP contribution >= 0.6 is 0 Å². The third-order valence-corrected chi connectivity index (χ3v) is 7.06. The lowest BCUT2D eigenvalue weighted by Crippen LogP contribution is -2.36. The molecule has 0 spiro atoms. The van der Waals surface area contributed by atoms with Gasteiger partial charge in [-0.3, -0.25) is 9.89 Å². The highest BCUT2D eigenvalue weighted by molar-refractivity contribution is 6.00. The molecule has 2 unspecified atom stereocenters. The van der Waals surface area contributed by atoms with E-state index in [-0.39, 0.29) is 18.1 Å². The summed E-state index contributed by atoms with van der Waals surface area (Å²) in [6, 6.07) is 26.2. The first-order chi connectivity index (χ1) is 17.7. The number of rotatable bonds is 7. The molecule has 3 aromatic carbocycles. The molecular weight excluding hydrogens is 450 g/mol. The number of aromatic amines is 1. The second-order valence-corrected chi connectivity index (χ2v) is 9.57. The summed E-state index contributed by atoms with van der Waals surface area (Å²) < 4.78 is 11.9. The van der Waals surface area contributed by atoms with Crippen molar-refractivity contribution in [3.8, 4) is 17.0 Å². The van der Waals surface area contributed by atoms with E-state index >= 15 is 0 Å². The van der Waals surface area contributed by atoms with Gasteiger partial charge in [-0.05, 0) is 43.0 Å². The molecule has 1 amide bonds. The second-order valence-electron chi connectivity index (χ2n) is 9.57. The van der Waals surface area contributed by atoms with Crippen LogP contribution < -0.4 is 4.74 Å². The van der Waals surface area contributed by atoms with Crippen LogP contribution in [-0.2, 0) is 11.3 Å². The summed E-state index contributed by atoms with van der Waals surface area (Å²) in [5.74, 6) is 0.768. The van der Waals surface area contributed by atoms with Crippen LogP contribution in [0.1, 0.15) is 51.6 Å². The van der Waals surface area contributed by atoms with Crippen molar-refractivity contribution in [1.82, 2.24) is 15.1 Å². The Morgan fingerprint density at radius 2 is 1.81 bits per heavy atom. The lowest BCUT2D eigenvalue weighted by molar-refractivity contribution is 0.0495. The Bertz CT molecular complexity index is 1340. The van der Waals surface area contributed by atoms with Gasteiger partial charge in [0, 0.05) is 24.3 Å². The minimum atomic E-state index is -0.241. The molecule has 2 aliphatic rings. The van der Waals surface area contributed by atoms with E-state index in [4.69, 9.17) is 9.47 Å². The molecular formula is C30H29N3O3. The largest absolute Gasteiger partial charge is 0.489 e. The number of ether oxygens (including phenoxy) is 2. The highest BCUT2D eigenvalue weighted by atomic mass is 16.5. The number of aryl methyl sites for hydroxylation is 1. The summed E-state index contributed by atoms with van der Waals surface area (Å²) in [5, 5.41) is 7.63. The highest BCUT2D eigenvalue weighted by Crippen LogP contribution is 2.43. The summed E-state index contributed by atoms with van der Waals surface area (Å²) in [7, 11) is 0. The Balaban J connectivity index is 1.33. The van der Waals surface area contributed by atoms with E-state index in [0.29, 0.717) is 18.8 Å². The quantitative estimate of drug-likeness (QED) is 0.370. The number of amides is 1. The maximum absolute atomic E-state index is 13.6. The Kier molecular flexibility index (Phi) is 6.03. The summed E-state index contributed by atoms with van der Waals surface area (Å²) in [6.45, 7) is 3.89. The predicted octanol–water partition coefficient (Wildman–Crippen LogP) is 5.69. The topological polar surface area (TPSA) is 67.4 Å². The number of carbonyl (C=O) groups excluding carboxylic acids is 1. The first-order valence-corrected chi connectivity index (χ1v) is 12.5. The molecule has 4 aromatic rings. The van der Waals surface area contributed by atoms with Crippen LogP contribution in [0.5, 0.6) is 5.75 Å². The number of H-pyrrole nitrogens is 1. The SMILES string of the molecule is Cc1ccc(-c2n[nH]c3c2C(c2ccc(OCc4ccccc4)cc2)N(CC2CCCO2)C3=O)cc1. The van der Waals surface area contributed by atoms with Gasteiger partial charge in [-0.2, -0.15) is 5.10 Å². The van der Waals surface area contributed by atoms with Crippen molar-refractivity contribution in [3.63, 3.8) is 0 Å². The van der Waals surface area contributed by atoms with Gasteiger partial charge < -0.3 is 14.4 Å². The Hall–Kier alpha value is -3.90. The molecule has 0 radical (unpaired) electrons. The smallest absolute Gasteiger partial charge is 0.273 e. The Morgan fingerprint density at radius 1 is 1.03 bits per heavy atom. The van der Waals surface area contributed by atoms with E-state index in [1.165, 1.54) is 5.56 Å². The molecule has 2 aliphatic heterocycles. The van der Waals surface area contributed by atoms with Crippen LogP contribution in [0.4, 0.5) is 0 Å². The van der Waals surface area contributed by atoms with Crippen molar-refractivity contribution < 1.29 is 14.3 Å². The van der Waals surface area contributed by atoms with Crippen molar-refractivity contribution in [3.05, 3.63) is 107 Å². The monoisotopic (exact) mass is 479 g/mol. The number of benzene rings is 3. The summed E-state index contributed by atoms with van der Waals surface area (Å²) in [4.78, 5) is 15.5. The first-order valence-electron chi connectivity index (χ1n) is 12.5. The van der Waals surface area contributed by atoms with Crippen LogP contribution in [0.3, 0.4) is 0 Å². The van der Waals surface area contributed by atoms with Gasteiger partial charge in [0.1, 0.15) is 18.1 Å². The third-order valence-electron chi connectivity index (χ3n) is 7.06. The minimum Gasteiger partial charge on any atom is -0.489 e. The number of hydrogen-bond acceptors (Lipinski definition) is 4. The maximum Gasteiger partial charge on any atom is 0.273 e. The van der Waals surface area contributed by atoms with Crippen molar-refractivity contribution in [2.24, 2.45) is 0 Å². The molecule has 182 valence electrons. The predicted molar refractivity (Wildman–Crippen MR) is 138 cm³/mol. The number of carbonyl (C=O) groups is 1. The number of fused-ring (bicyclic) bond motifs is 1. The second kappa shape index (κ2) is 9.63. The summed E-state index contributed by atoms with van der Waals surface area (Å²) >= 11 is 0. The molecule has 6 nitrogen and oxygen atoms in total. The number of nitrogens with zero attached hydrogens (tertiary/aromatic N) is 2. The molecule has 0 bridgehead atoms. The number of hydrogen-bond donors (Lipinski definition) is 1. The third kappa shape index (κ3) is 4.29. The maximum atomic E-state index is 13.6. The standard InChI is InChI=1S/C30H29N3O3/c1-20-9-11-22(12-10-20)27-26-28(32-31-27)30(34)33(18-25-8-5-17-35-25)29(26)23-13-15-24(16-14-23)36-19-21-6-3-2-4-7-21/h2-4,6-7,9-16,25,29H,5,8,17-19H2,1H3,(H,31,32). The first kappa shape index (κ1) is 22.6. The molecule has 36 heavy (non-hydrogen) atoms. The van der Waals surface area contributed by atoms with E-state index < -0.39 is 0 Å². The highest BCUT2D eigenvalue weighted by Gasteiger charge is 2.43. The van der Waals surface area contributed by atoms with Crippen LogP contribution in [0, 0.1) is 6.92 Å². The average Bonchev–Trinajstić information content (AvgIpc) is 3.64. The zero-order chi connectivity index (χ0) is 24.5. The zero-order valence-electron chi connectivity index (χ0n) is 20.3. The molecule has 1 N–H and O–H groups in total. The van der Waals surface area contributed by atoms with E-state index in [9.17, 15) is 4.79 Å². The lowest BCUT2D eigenvalue weighted by atomic mass is 9.95. The van der Waals surface area contributed by atoms with Crippen molar-refractivity contribution in [1.29, 1.82) is 0 Å². The van der Waals surface area contributed by atoms with Crippen molar-refractivity contribution in [2.45, 2.75) is 38.5 Å². The van der Waals surface area contributed by atoms with E-state index in [0.717, 1.165) is 53.1 Å². The van der Waals surface area contributed by atoms with Crippen LogP contribution in [0.2, 0.25) is 0 Å². The zero-order valence-corrected chi connectivity index (χ0v) is 20.3. The molecule has 1 fully saturated rings. The van der Waals surface area contributed by atoms with Crippen LogP contribution in [-0.4, -0.2) is 40.3 Å². The van der Waals surface area contributed by atoms with E-state index in [1.807, 2.05) is 35.2 Å².